The number of unbranched alkanes of at least 4 members (excludes halogenated alkanes) is 3. The van der Waals surface area contributed by atoms with Gasteiger partial charge in [0.15, 0.2) is 11.6 Å². The molecule has 1 aromatic heterocycles. The number of aryl methyl sites for hydroxylation is 1. The first-order chi connectivity index (χ1) is 11.7. The molecule has 0 amide bonds. The Labute approximate surface area is 145 Å². The van der Waals surface area contributed by atoms with E-state index in [9.17, 15) is 8.78 Å². The number of thiophene rings is 1. The van der Waals surface area contributed by atoms with Crippen molar-refractivity contribution in [3.05, 3.63) is 41.5 Å². The molecule has 24 heavy (non-hydrogen) atoms. The standard InChI is InChI=1S/C20H22F2OS/c1-3-5-6-7-12-23-16-11-10-15-14-9-8-13(4-2)17(21)19(14)24-20(15)18(16)22/h8-11H,3-7,12H2,1-2H3. The van der Waals surface area contributed by atoms with Crippen LogP contribution in [0, 0.1) is 11.6 Å². The first-order valence-electron chi connectivity index (χ1n) is 8.62. The molecule has 0 fully saturated rings. The van der Waals surface area contributed by atoms with E-state index in [0.29, 0.717) is 28.0 Å². The van der Waals surface area contributed by atoms with Crippen LogP contribution in [0.15, 0.2) is 24.3 Å². The molecule has 0 radical (unpaired) electrons. The number of fused-ring (bicyclic) bond motifs is 3. The maximum Gasteiger partial charge on any atom is 0.182 e. The fourth-order valence-corrected chi connectivity index (χ4v) is 4.15. The molecule has 1 nitrogen and oxygen atoms in total. The van der Waals surface area contributed by atoms with Gasteiger partial charge in [0.1, 0.15) is 5.82 Å². The molecule has 0 aliphatic heterocycles. The van der Waals surface area contributed by atoms with Gasteiger partial charge in [-0.05, 0) is 30.5 Å². The van der Waals surface area contributed by atoms with Crippen molar-refractivity contribution >= 4 is 31.5 Å². The van der Waals surface area contributed by atoms with Crippen LogP contribution >= 0.6 is 11.3 Å². The second kappa shape index (κ2) is 7.47. The van der Waals surface area contributed by atoms with E-state index in [-0.39, 0.29) is 17.4 Å². The van der Waals surface area contributed by atoms with Gasteiger partial charge in [0.25, 0.3) is 0 Å². The maximum atomic E-state index is 14.8. The quantitative estimate of drug-likeness (QED) is 0.424. The lowest BCUT2D eigenvalue weighted by Gasteiger charge is -2.07. The lowest BCUT2D eigenvalue weighted by atomic mass is 10.1. The Morgan fingerprint density at radius 2 is 1.58 bits per heavy atom. The average Bonchev–Trinajstić information content (AvgIpc) is 2.97. The summed E-state index contributed by atoms with van der Waals surface area (Å²) in [5.74, 6) is -0.332. The molecule has 0 aliphatic carbocycles. The van der Waals surface area contributed by atoms with Crippen LogP contribution in [-0.4, -0.2) is 6.61 Å². The van der Waals surface area contributed by atoms with E-state index in [4.69, 9.17) is 4.74 Å². The van der Waals surface area contributed by atoms with Crippen molar-refractivity contribution in [2.24, 2.45) is 0 Å². The lowest BCUT2D eigenvalue weighted by Crippen LogP contribution is -1.99. The number of benzene rings is 2. The largest absolute Gasteiger partial charge is 0.490 e. The molecular weight excluding hydrogens is 326 g/mol. The van der Waals surface area contributed by atoms with E-state index in [1.165, 1.54) is 17.8 Å². The van der Waals surface area contributed by atoms with Crippen molar-refractivity contribution in [2.45, 2.75) is 46.0 Å². The van der Waals surface area contributed by atoms with Crippen molar-refractivity contribution in [3.8, 4) is 5.75 Å². The molecule has 1 heterocycles. The molecular formula is C20H22F2OS. The zero-order valence-electron chi connectivity index (χ0n) is 14.1. The Bertz CT molecular complexity index is 854. The molecule has 2 aromatic carbocycles. The van der Waals surface area contributed by atoms with Crippen LogP contribution in [0.25, 0.3) is 20.2 Å². The van der Waals surface area contributed by atoms with Gasteiger partial charge in [-0.25, -0.2) is 8.78 Å². The Morgan fingerprint density at radius 1 is 0.875 bits per heavy atom. The summed E-state index contributed by atoms with van der Waals surface area (Å²) in [6, 6.07) is 7.18. The van der Waals surface area contributed by atoms with E-state index in [1.807, 2.05) is 19.1 Å². The van der Waals surface area contributed by atoms with Crippen LogP contribution < -0.4 is 4.74 Å². The zero-order chi connectivity index (χ0) is 17.1. The number of halogens is 2. The molecule has 128 valence electrons. The summed E-state index contributed by atoms with van der Waals surface area (Å²) < 4.78 is 35.9. The van der Waals surface area contributed by atoms with Crippen LogP contribution in [0.2, 0.25) is 0 Å². The van der Waals surface area contributed by atoms with Gasteiger partial charge >= 0.3 is 0 Å². The predicted octanol–water partition coefficient (Wildman–Crippen LogP) is 6.85. The van der Waals surface area contributed by atoms with Crippen molar-refractivity contribution in [1.29, 1.82) is 0 Å². The lowest BCUT2D eigenvalue weighted by molar-refractivity contribution is 0.292. The van der Waals surface area contributed by atoms with Gasteiger partial charge in [-0.2, -0.15) is 0 Å². The van der Waals surface area contributed by atoms with E-state index in [0.717, 1.165) is 30.0 Å². The summed E-state index contributed by atoms with van der Waals surface area (Å²) in [6.45, 7) is 4.59. The summed E-state index contributed by atoms with van der Waals surface area (Å²) in [5, 5.41) is 1.53. The number of ether oxygens (including phenoxy) is 1. The van der Waals surface area contributed by atoms with Gasteiger partial charge in [0.2, 0.25) is 0 Å². The van der Waals surface area contributed by atoms with E-state index < -0.39 is 0 Å². The van der Waals surface area contributed by atoms with Gasteiger partial charge in [0, 0.05) is 10.8 Å². The molecule has 0 saturated carbocycles. The minimum Gasteiger partial charge on any atom is -0.490 e. The summed E-state index contributed by atoms with van der Waals surface area (Å²) in [5.41, 5.74) is 0.668. The molecule has 4 heteroatoms. The molecule has 3 rings (SSSR count). The topological polar surface area (TPSA) is 9.23 Å². The Balaban J connectivity index is 1.93. The summed E-state index contributed by atoms with van der Waals surface area (Å²) in [6.07, 6.45) is 4.97. The third kappa shape index (κ3) is 3.12. The normalized spacial score (nSPS) is 11.5. The highest BCUT2D eigenvalue weighted by atomic mass is 32.1. The smallest absolute Gasteiger partial charge is 0.182 e. The van der Waals surface area contributed by atoms with Gasteiger partial charge in [-0.15, -0.1) is 11.3 Å². The Morgan fingerprint density at radius 3 is 2.29 bits per heavy atom. The molecule has 0 bridgehead atoms. The molecule has 0 saturated heterocycles. The number of hydrogen-bond donors (Lipinski definition) is 0. The summed E-state index contributed by atoms with van der Waals surface area (Å²) in [4.78, 5) is 0. The Hall–Kier alpha value is -1.68. The van der Waals surface area contributed by atoms with Crippen molar-refractivity contribution in [1.82, 2.24) is 0 Å². The number of hydrogen-bond acceptors (Lipinski definition) is 2. The van der Waals surface area contributed by atoms with Gasteiger partial charge in [-0.3, -0.25) is 0 Å². The zero-order valence-corrected chi connectivity index (χ0v) is 14.9. The Kier molecular flexibility index (Phi) is 5.34. The monoisotopic (exact) mass is 348 g/mol. The first kappa shape index (κ1) is 17.2. The molecule has 3 aromatic rings. The highest BCUT2D eigenvalue weighted by Gasteiger charge is 2.17. The molecule has 0 unspecified atom stereocenters. The van der Waals surface area contributed by atoms with Crippen LogP contribution in [0.3, 0.4) is 0 Å². The summed E-state index contributed by atoms with van der Waals surface area (Å²) >= 11 is 1.18. The van der Waals surface area contributed by atoms with Crippen LogP contribution in [0.5, 0.6) is 5.75 Å². The van der Waals surface area contributed by atoms with Crippen LogP contribution in [-0.2, 0) is 6.42 Å². The van der Waals surface area contributed by atoms with E-state index >= 15 is 0 Å². The average molecular weight is 348 g/mol. The highest BCUT2D eigenvalue weighted by Crippen LogP contribution is 2.40. The fourth-order valence-electron chi connectivity index (χ4n) is 2.96. The molecule has 0 atom stereocenters. The minimum atomic E-state index is -0.373. The molecule has 0 N–H and O–H groups in total. The first-order valence-corrected chi connectivity index (χ1v) is 9.43. The van der Waals surface area contributed by atoms with E-state index in [2.05, 4.69) is 6.92 Å². The predicted molar refractivity (Wildman–Crippen MR) is 98.3 cm³/mol. The van der Waals surface area contributed by atoms with Crippen LogP contribution in [0.1, 0.15) is 45.1 Å². The third-order valence-electron chi connectivity index (χ3n) is 4.37. The van der Waals surface area contributed by atoms with Crippen LogP contribution in [0.4, 0.5) is 8.78 Å². The molecule has 0 aliphatic rings. The summed E-state index contributed by atoms with van der Waals surface area (Å²) in [7, 11) is 0. The highest BCUT2D eigenvalue weighted by molar-refractivity contribution is 7.25. The maximum absolute atomic E-state index is 14.8. The number of rotatable bonds is 7. The molecule has 0 spiro atoms. The van der Waals surface area contributed by atoms with Crippen molar-refractivity contribution in [2.75, 3.05) is 6.61 Å². The van der Waals surface area contributed by atoms with Gasteiger partial charge in [-0.1, -0.05) is 45.2 Å². The fraction of sp³-hybridized carbons (Fsp3) is 0.400. The third-order valence-corrected chi connectivity index (χ3v) is 5.58. The van der Waals surface area contributed by atoms with Gasteiger partial charge in [0.05, 0.1) is 16.0 Å². The van der Waals surface area contributed by atoms with Crippen molar-refractivity contribution in [3.63, 3.8) is 0 Å². The second-order valence-electron chi connectivity index (χ2n) is 6.03. The SMILES string of the molecule is CCCCCCOc1ccc2c(sc3c(F)c(CC)ccc32)c1F. The minimum absolute atomic E-state index is 0.224. The van der Waals surface area contributed by atoms with Gasteiger partial charge < -0.3 is 4.74 Å². The second-order valence-corrected chi connectivity index (χ2v) is 7.06. The van der Waals surface area contributed by atoms with Crippen molar-refractivity contribution < 1.29 is 13.5 Å². The van der Waals surface area contributed by atoms with E-state index in [1.54, 1.807) is 12.1 Å².